The Morgan fingerprint density at radius 2 is 2.07 bits per heavy atom. The van der Waals surface area contributed by atoms with Crippen molar-refractivity contribution in [1.82, 2.24) is 14.7 Å². The molecule has 0 spiro atoms. The van der Waals surface area contributed by atoms with Gasteiger partial charge in [-0.15, -0.1) is 0 Å². The fourth-order valence-electron chi connectivity index (χ4n) is 3.11. The smallest absolute Gasteiger partial charge is 0.337 e. The first-order chi connectivity index (χ1) is 13.4. The third-order valence-electron chi connectivity index (χ3n) is 4.55. The van der Waals surface area contributed by atoms with E-state index >= 15 is 0 Å². The SMILES string of the molecule is COC(=O)C1=C(Nc2ccccc2-n2nc(C)c(Cl)c2C)C(=O)N(CCO)C1. The number of benzene rings is 1. The van der Waals surface area contributed by atoms with Crippen LogP contribution in [0.3, 0.4) is 0 Å². The first-order valence-corrected chi connectivity index (χ1v) is 9.06. The zero-order chi connectivity index (χ0) is 20.4. The largest absolute Gasteiger partial charge is 0.466 e. The molecule has 28 heavy (non-hydrogen) atoms. The molecule has 3 rings (SSSR count). The van der Waals surface area contributed by atoms with Gasteiger partial charge in [0.25, 0.3) is 5.91 Å². The Kier molecular flexibility index (Phi) is 5.71. The normalized spacial score (nSPS) is 14.0. The Morgan fingerprint density at radius 3 is 2.68 bits per heavy atom. The molecule has 0 saturated carbocycles. The number of aliphatic hydroxyl groups excluding tert-OH is 1. The summed E-state index contributed by atoms with van der Waals surface area (Å²) in [5.41, 5.74) is 3.05. The minimum atomic E-state index is -0.595. The Labute approximate surface area is 167 Å². The summed E-state index contributed by atoms with van der Waals surface area (Å²) in [6.45, 7) is 3.66. The van der Waals surface area contributed by atoms with E-state index in [1.165, 1.54) is 12.0 Å². The third kappa shape index (κ3) is 3.48. The number of nitrogens with one attached hydrogen (secondary N) is 1. The maximum Gasteiger partial charge on any atom is 0.337 e. The number of carbonyl (C=O) groups excluding carboxylic acids is 2. The molecule has 8 nitrogen and oxygen atoms in total. The van der Waals surface area contributed by atoms with Crippen LogP contribution in [-0.4, -0.2) is 58.5 Å². The van der Waals surface area contributed by atoms with Crippen LogP contribution in [0.4, 0.5) is 5.69 Å². The molecule has 1 amide bonds. The predicted octanol–water partition coefficient (Wildman–Crippen LogP) is 1.82. The van der Waals surface area contributed by atoms with Gasteiger partial charge < -0.3 is 20.1 Å². The Hall–Kier alpha value is -2.84. The zero-order valence-electron chi connectivity index (χ0n) is 15.8. The highest BCUT2D eigenvalue weighted by Crippen LogP contribution is 2.29. The number of anilines is 1. The van der Waals surface area contributed by atoms with E-state index in [-0.39, 0.29) is 36.9 Å². The number of hydrogen-bond donors (Lipinski definition) is 2. The van der Waals surface area contributed by atoms with E-state index in [9.17, 15) is 14.7 Å². The molecule has 1 aliphatic heterocycles. The van der Waals surface area contributed by atoms with Crippen LogP contribution in [-0.2, 0) is 14.3 Å². The molecule has 0 fully saturated rings. The summed E-state index contributed by atoms with van der Waals surface area (Å²) in [6, 6.07) is 7.27. The van der Waals surface area contributed by atoms with Crippen LogP contribution in [0.2, 0.25) is 5.02 Å². The van der Waals surface area contributed by atoms with Gasteiger partial charge in [0.2, 0.25) is 0 Å². The molecular weight excluding hydrogens is 384 g/mol. The van der Waals surface area contributed by atoms with Crippen LogP contribution >= 0.6 is 11.6 Å². The lowest BCUT2D eigenvalue weighted by Crippen LogP contribution is -2.31. The molecule has 0 bridgehead atoms. The topological polar surface area (TPSA) is 96.7 Å². The van der Waals surface area contributed by atoms with Crippen molar-refractivity contribution in [2.24, 2.45) is 0 Å². The second-order valence-corrected chi connectivity index (χ2v) is 6.71. The van der Waals surface area contributed by atoms with Gasteiger partial charge >= 0.3 is 5.97 Å². The molecule has 1 aliphatic rings. The van der Waals surface area contributed by atoms with Gasteiger partial charge in [0.1, 0.15) is 5.70 Å². The third-order valence-corrected chi connectivity index (χ3v) is 5.10. The second kappa shape index (κ2) is 8.04. The standard InChI is InChI=1S/C19H21ClN4O4/c1-11-16(20)12(2)24(22-11)15-7-5-4-6-14(15)21-17-13(19(27)28-3)10-23(8-9-25)18(17)26/h4-7,21,25H,8-10H2,1-3H3. The molecule has 1 aromatic heterocycles. The number of amides is 1. The number of aliphatic hydroxyl groups is 1. The number of rotatable bonds is 6. The quantitative estimate of drug-likeness (QED) is 0.713. The number of esters is 1. The van der Waals surface area contributed by atoms with E-state index < -0.39 is 5.97 Å². The number of aryl methyl sites for hydroxylation is 1. The molecule has 0 aliphatic carbocycles. The van der Waals surface area contributed by atoms with Gasteiger partial charge in [-0.25, -0.2) is 9.48 Å². The Bertz CT molecular complexity index is 967. The van der Waals surface area contributed by atoms with E-state index in [0.29, 0.717) is 22.1 Å². The number of aromatic nitrogens is 2. The van der Waals surface area contributed by atoms with E-state index in [2.05, 4.69) is 10.4 Å². The van der Waals surface area contributed by atoms with E-state index in [4.69, 9.17) is 16.3 Å². The number of halogens is 1. The van der Waals surface area contributed by atoms with Gasteiger partial charge in [0, 0.05) is 6.54 Å². The first kappa shape index (κ1) is 19.9. The molecule has 0 atom stereocenters. The lowest BCUT2D eigenvalue weighted by atomic mass is 10.2. The van der Waals surface area contributed by atoms with Gasteiger partial charge in [-0.1, -0.05) is 23.7 Å². The molecule has 0 unspecified atom stereocenters. The van der Waals surface area contributed by atoms with Crippen molar-refractivity contribution in [2.45, 2.75) is 13.8 Å². The summed E-state index contributed by atoms with van der Waals surface area (Å²) < 4.78 is 6.50. The van der Waals surface area contributed by atoms with Crippen molar-refractivity contribution in [3.63, 3.8) is 0 Å². The predicted molar refractivity (Wildman–Crippen MR) is 104 cm³/mol. The van der Waals surface area contributed by atoms with Gasteiger partial charge in [0.15, 0.2) is 0 Å². The molecule has 148 valence electrons. The molecule has 2 aromatic rings. The van der Waals surface area contributed by atoms with Gasteiger partial charge in [-0.2, -0.15) is 5.10 Å². The maximum absolute atomic E-state index is 12.7. The minimum Gasteiger partial charge on any atom is -0.466 e. The van der Waals surface area contributed by atoms with Crippen molar-refractivity contribution in [3.8, 4) is 5.69 Å². The minimum absolute atomic E-state index is 0.0717. The molecule has 2 N–H and O–H groups in total. The highest BCUT2D eigenvalue weighted by atomic mass is 35.5. The fourth-order valence-corrected chi connectivity index (χ4v) is 3.22. The van der Waals surface area contributed by atoms with Crippen LogP contribution in [0.15, 0.2) is 35.5 Å². The number of para-hydroxylation sites is 2. The van der Waals surface area contributed by atoms with Crippen molar-refractivity contribution in [2.75, 3.05) is 32.1 Å². The summed E-state index contributed by atoms with van der Waals surface area (Å²) in [5, 5.41) is 17.3. The highest BCUT2D eigenvalue weighted by Gasteiger charge is 2.34. The van der Waals surface area contributed by atoms with Crippen molar-refractivity contribution in [1.29, 1.82) is 0 Å². The molecule has 0 radical (unpaired) electrons. The lowest BCUT2D eigenvalue weighted by Gasteiger charge is -2.16. The Morgan fingerprint density at radius 1 is 1.36 bits per heavy atom. The summed E-state index contributed by atoms with van der Waals surface area (Å²) in [5.74, 6) is -0.974. The van der Waals surface area contributed by atoms with Crippen molar-refractivity contribution < 1.29 is 19.4 Å². The van der Waals surface area contributed by atoms with E-state index in [1.807, 2.05) is 32.0 Å². The lowest BCUT2D eigenvalue weighted by molar-refractivity contribution is -0.136. The number of β-amino-alcohol motifs (C(OH)–C–C–N with tert-alkyl or cyclic N) is 1. The van der Waals surface area contributed by atoms with E-state index in [1.54, 1.807) is 10.7 Å². The number of ether oxygens (including phenoxy) is 1. The van der Waals surface area contributed by atoms with Crippen LogP contribution in [0.1, 0.15) is 11.4 Å². The van der Waals surface area contributed by atoms with Gasteiger partial charge in [-0.05, 0) is 26.0 Å². The summed E-state index contributed by atoms with van der Waals surface area (Å²) in [7, 11) is 1.26. The molecule has 0 saturated heterocycles. The number of nitrogens with zero attached hydrogens (tertiary/aromatic N) is 3. The second-order valence-electron chi connectivity index (χ2n) is 6.33. The average Bonchev–Trinajstić information content (AvgIpc) is 3.14. The maximum atomic E-state index is 12.7. The zero-order valence-corrected chi connectivity index (χ0v) is 16.6. The summed E-state index contributed by atoms with van der Waals surface area (Å²) >= 11 is 6.27. The van der Waals surface area contributed by atoms with Crippen LogP contribution < -0.4 is 5.32 Å². The number of carbonyl (C=O) groups is 2. The van der Waals surface area contributed by atoms with Crippen LogP contribution in [0, 0.1) is 13.8 Å². The Balaban J connectivity index is 2.04. The molecular formula is C19H21ClN4O4. The number of hydrogen-bond acceptors (Lipinski definition) is 6. The van der Waals surface area contributed by atoms with Crippen LogP contribution in [0.5, 0.6) is 0 Å². The molecule has 1 aromatic carbocycles. The average molecular weight is 405 g/mol. The monoisotopic (exact) mass is 404 g/mol. The van der Waals surface area contributed by atoms with E-state index in [0.717, 1.165) is 5.69 Å². The van der Waals surface area contributed by atoms with Crippen molar-refractivity contribution >= 4 is 29.2 Å². The highest BCUT2D eigenvalue weighted by molar-refractivity contribution is 6.31. The van der Waals surface area contributed by atoms with Gasteiger partial charge in [-0.3, -0.25) is 4.79 Å². The molecule has 9 heteroatoms. The number of methoxy groups -OCH3 is 1. The molecule has 2 heterocycles. The van der Waals surface area contributed by atoms with Gasteiger partial charge in [0.05, 0.1) is 53.6 Å². The van der Waals surface area contributed by atoms with Crippen LogP contribution in [0.25, 0.3) is 5.69 Å². The summed E-state index contributed by atoms with van der Waals surface area (Å²) in [6.07, 6.45) is 0. The van der Waals surface area contributed by atoms with Crippen molar-refractivity contribution in [3.05, 3.63) is 51.9 Å². The first-order valence-electron chi connectivity index (χ1n) is 8.68. The fraction of sp³-hybridized carbons (Fsp3) is 0.316. The summed E-state index contributed by atoms with van der Waals surface area (Å²) in [4.78, 5) is 26.3.